The number of aliphatic hydroxyl groups is 1. The van der Waals surface area contributed by atoms with Crippen LogP contribution in [0.4, 0.5) is 0 Å². The Morgan fingerprint density at radius 3 is 2.75 bits per heavy atom. The van der Waals surface area contributed by atoms with E-state index in [2.05, 4.69) is 18.2 Å². The van der Waals surface area contributed by atoms with E-state index in [9.17, 15) is 0 Å². The molecule has 2 heteroatoms. The molecule has 1 saturated carbocycles. The van der Waals surface area contributed by atoms with Crippen LogP contribution in [-0.4, -0.2) is 18.3 Å². The first-order valence-electron chi connectivity index (χ1n) is 6.13. The number of hydrogen-bond acceptors (Lipinski definition) is 2. The quantitative estimate of drug-likeness (QED) is 0.826. The third kappa shape index (κ3) is 2.38. The van der Waals surface area contributed by atoms with Crippen LogP contribution in [-0.2, 0) is 0 Å². The molecule has 0 heterocycles. The molecule has 0 amide bonds. The molecule has 2 nitrogen and oxygen atoms in total. The number of aliphatic hydroxyl groups excluding tert-OH is 1. The Morgan fingerprint density at radius 2 is 2.19 bits per heavy atom. The molecule has 1 aromatic carbocycles. The minimum Gasteiger partial charge on any atom is -0.494 e. The Kier molecular flexibility index (Phi) is 3.49. The molecule has 0 aliphatic heterocycles. The predicted octanol–water partition coefficient (Wildman–Crippen LogP) is 3.06. The molecule has 1 unspecified atom stereocenters. The van der Waals surface area contributed by atoms with Gasteiger partial charge in [0.15, 0.2) is 0 Å². The first-order valence-corrected chi connectivity index (χ1v) is 6.13. The second-order valence-electron chi connectivity index (χ2n) is 4.59. The van der Waals surface area contributed by atoms with Crippen molar-refractivity contribution in [1.82, 2.24) is 0 Å². The van der Waals surface area contributed by atoms with Crippen LogP contribution in [0, 0.1) is 0 Å². The van der Waals surface area contributed by atoms with Crippen molar-refractivity contribution in [3.63, 3.8) is 0 Å². The fraction of sp³-hybridized carbons (Fsp3) is 0.571. The van der Waals surface area contributed by atoms with Crippen LogP contribution < -0.4 is 4.74 Å². The van der Waals surface area contributed by atoms with Gasteiger partial charge in [-0.25, -0.2) is 0 Å². The SMILES string of the molecule is CCOc1cc(C(C)CO)ccc1C1CC1. The molecule has 0 aromatic heterocycles. The lowest BCUT2D eigenvalue weighted by Gasteiger charge is -2.14. The molecule has 1 aliphatic carbocycles. The van der Waals surface area contributed by atoms with Crippen LogP contribution in [0.3, 0.4) is 0 Å². The lowest BCUT2D eigenvalue weighted by Crippen LogP contribution is -2.02. The third-order valence-corrected chi connectivity index (χ3v) is 3.20. The van der Waals surface area contributed by atoms with E-state index in [4.69, 9.17) is 9.84 Å². The summed E-state index contributed by atoms with van der Waals surface area (Å²) in [4.78, 5) is 0. The van der Waals surface area contributed by atoms with E-state index in [1.165, 1.54) is 18.4 Å². The summed E-state index contributed by atoms with van der Waals surface area (Å²) in [6.07, 6.45) is 2.57. The van der Waals surface area contributed by atoms with Crippen LogP contribution in [0.15, 0.2) is 18.2 Å². The van der Waals surface area contributed by atoms with E-state index in [0.717, 1.165) is 11.3 Å². The van der Waals surface area contributed by atoms with Crippen LogP contribution in [0.1, 0.15) is 49.7 Å². The van der Waals surface area contributed by atoms with Gasteiger partial charge in [0.25, 0.3) is 0 Å². The Bertz CT molecular complexity index is 356. The molecule has 2 rings (SSSR count). The zero-order valence-corrected chi connectivity index (χ0v) is 10.1. The van der Waals surface area contributed by atoms with Gasteiger partial charge in [0.05, 0.1) is 6.61 Å². The highest BCUT2D eigenvalue weighted by molar-refractivity contribution is 5.42. The molecule has 0 spiro atoms. The highest BCUT2D eigenvalue weighted by Gasteiger charge is 2.27. The van der Waals surface area contributed by atoms with Crippen molar-refractivity contribution in [2.45, 2.75) is 38.5 Å². The van der Waals surface area contributed by atoms with Gasteiger partial charge in [0.2, 0.25) is 0 Å². The van der Waals surface area contributed by atoms with Crippen molar-refractivity contribution in [3.05, 3.63) is 29.3 Å². The summed E-state index contributed by atoms with van der Waals surface area (Å²) in [5, 5.41) is 9.16. The molecular formula is C14H20O2. The van der Waals surface area contributed by atoms with Gasteiger partial charge in [0, 0.05) is 12.5 Å². The van der Waals surface area contributed by atoms with Crippen molar-refractivity contribution >= 4 is 0 Å². The van der Waals surface area contributed by atoms with Gasteiger partial charge in [-0.15, -0.1) is 0 Å². The maximum Gasteiger partial charge on any atom is 0.123 e. The molecule has 16 heavy (non-hydrogen) atoms. The summed E-state index contributed by atoms with van der Waals surface area (Å²) in [6.45, 7) is 4.94. The summed E-state index contributed by atoms with van der Waals surface area (Å²) in [7, 11) is 0. The molecule has 1 atom stereocenters. The third-order valence-electron chi connectivity index (χ3n) is 3.20. The van der Waals surface area contributed by atoms with Crippen molar-refractivity contribution in [3.8, 4) is 5.75 Å². The molecule has 1 aromatic rings. The standard InChI is InChI=1S/C14H20O2/c1-3-16-14-8-12(10(2)9-15)6-7-13(14)11-4-5-11/h6-8,10-11,15H,3-5,9H2,1-2H3. The summed E-state index contributed by atoms with van der Waals surface area (Å²) >= 11 is 0. The zero-order chi connectivity index (χ0) is 11.5. The van der Waals surface area contributed by atoms with E-state index in [-0.39, 0.29) is 12.5 Å². The average molecular weight is 220 g/mol. The zero-order valence-electron chi connectivity index (χ0n) is 10.1. The van der Waals surface area contributed by atoms with Crippen LogP contribution >= 0.6 is 0 Å². The molecule has 1 aliphatic rings. The molecule has 0 bridgehead atoms. The number of rotatable bonds is 5. The molecule has 1 N–H and O–H groups in total. The molecule has 0 saturated heterocycles. The normalized spacial score (nSPS) is 17.2. The van der Waals surface area contributed by atoms with E-state index >= 15 is 0 Å². The van der Waals surface area contributed by atoms with Gasteiger partial charge in [-0.1, -0.05) is 19.1 Å². The molecule has 1 fully saturated rings. The lowest BCUT2D eigenvalue weighted by atomic mass is 9.98. The topological polar surface area (TPSA) is 29.5 Å². The second-order valence-corrected chi connectivity index (χ2v) is 4.59. The van der Waals surface area contributed by atoms with Crippen molar-refractivity contribution < 1.29 is 9.84 Å². The Labute approximate surface area is 97.3 Å². The first kappa shape index (κ1) is 11.5. The summed E-state index contributed by atoms with van der Waals surface area (Å²) in [5.41, 5.74) is 2.51. The van der Waals surface area contributed by atoms with Crippen molar-refractivity contribution in [2.24, 2.45) is 0 Å². The number of hydrogen-bond donors (Lipinski definition) is 1. The Hall–Kier alpha value is -1.02. The number of ether oxygens (including phenoxy) is 1. The smallest absolute Gasteiger partial charge is 0.123 e. The molecule has 0 radical (unpaired) electrons. The first-order chi connectivity index (χ1) is 7.76. The van der Waals surface area contributed by atoms with Gasteiger partial charge in [-0.2, -0.15) is 0 Å². The molecular weight excluding hydrogens is 200 g/mol. The summed E-state index contributed by atoms with van der Waals surface area (Å²) in [5.74, 6) is 1.91. The van der Waals surface area contributed by atoms with Gasteiger partial charge >= 0.3 is 0 Å². The van der Waals surface area contributed by atoms with Crippen LogP contribution in [0.5, 0.6) is 5.75 Å². The fourth-order valence-electron chi connectivity index (χ4n) is 1.97. The molecule has 88 valence electrons. The number of benzene rings is 1. The maximum atomic E-state index is 9.16. The summed E-state index contributed by atoms with van der Waals surface area (Å²) < 4.78 is 5.69. The minimum atomic E-state index is 0.187. The van der Waals surface area contributed by atoms with E-state index in [1.54, 1.807) is 0 Å². The highest BCUT2D eigenvalue weighted by Crippen LogP contribution is 2.44. The van der Waals surface area contributed by atoms with Gasteiger partial charge < -0.3 is 9.84 Å². The van der Waals surface area contributed by atoms with E-state index in [0.29, 0.717) is 12.5 Å². The lowest BCUT2D eigenvalue weighted by molar-refractivity contribution is 0.272. The van der Waals surface area contributed by atoms with Gasteiger partial charge in [-0.05, 0) is 42.9 Å². The average Bonchev–Trinajstić information content (AvgIpc) is 3.12. The highest BCUT2D eigenvalue weighted by atomic mass is 16.5. The summed E-state index contributed by atoms with van der Waals surface area (Å²) in [6, 6.07) is 6.39. The van der Waals surface area contributed by atoms with Gasteiger partial charge in [-0.3, -0.25) is 0 Å². The largest absolute Gasteiger partial charge is 0.494 e. The minimum absolute atomic E-state index is 0.187. The van der Waals surface area contributed by atoms with E-state index in [1.807, 2.05) is 13.8 Å². The second kappa shape index (κ2) is 4.88. The Balaban J connectivity index is 2.27. The fourth-order valence-corrected chi connectivity index (χ4v) is 1.97. The van der Waals surface area contributed by atoms with Crippen molar-refractivity contribution in [1.29, 1.82) is 0 Å². The predicted molar refractivity (Wildman–Crippen MR) is 65.1 cm³/mol. The van der Waals surface area contributed by atoms with E-state index < -0.39 is 0 Å². The maximum absolute atomic E-state index is 9.16. The van der Waals surface area contributed by atoms with Crippen molar-refractivity contribution in [2.75, 3.05) is 13.2 Å². The van der Waals surface area contributed by atoms with Crippen LogP contribution in [0.2, 0.25) is 0 Å². The van der Waals surface area contributed by atoms with Crippen LogP contribution in [0.25, 0.3) is 0 Å². The Morgan fingerprint density at radius 1 is 1.44 bits per heavy atom. The van der Waals surface area contributed by atoms with Gasteiger partial charge in [0.1, 0.15) is 5.75 Å². The monoisotopic (exact) mass is 220 g/mol.